The Morgan fingerprint density at radius 1 is 0.500 bits per heavy atom. The lowest BCUT2D eigenvalue weighted by atomic mass is 9.47. The lowest BCUT2D eigenvalue weighted by Crippen LogP contribution is -2.62. The van der Waals surface area contributed by atoms with Gasteiger partial charge in [-0.05, 0) is 272 Å². The summed E-state index contributed by atoms with van der Waals surface area (Å²) in [5, 5.41) is 10.1. The Kier molecular flexibility index (Phi) is 19.7. The van der Waals surface area contributed by atoms with Crippen molar-refractivity contribution in [3.05, 3.63) is 60.8 Å². The molecule has 19 aliphatic rings. The molecule has 0 aromatic rings. The van der Waals surface area contributed by atoms with Crippen molar-refractivity contribution >= 4 is 45.9 Å². The average molecular weight is 1300 g/mol. The van der Waals surface area contributed by atoms with Gasteiger partial charge in [0.05, 0.1) is 17.0 Å². The second-order valence-corrected chi connectivity index (χ2v) is 34.7. The highest BCUT2D eigenvalue weighted by Crippen LogP contribution is 2.64. The van der Waals surface area contributed by atoms with Gasteiger partial charge in [0.1, 0.15) is 29.0 Å². The molecule has 1 aliphatic heterocycles. The smallest absolute Gasteiger partial charge is 0.344 e. The summed E-state index contributed by atoms with van der Waals surface area (Å²) in [4.78, 5) is 69.9. The molecule has 19 rings (SSSR count). The SMILES string of the molecule is C=C(C)C(=O)OC1(C(C)C)C2CC3CC(C2)CC1C3.C=C(C)C(=O)OC1(C)C2CC3CC(C2)CC1C3.C=C(C)C(=O)OC12CC3CC(CC(O)(C3)C1)C2.C=C(C)C(=O)OCC(=O)OC1C2CC3C1OS(=O)(=O)C3C2.C=C(C)C(=O)OCOC1C2CC3CC(C2)CC1C3. The molecule has 7 unspecified atom stereocenters. The minimum Gasteiger partial charge on any atom is -0.457 e. The maximum absolute atomic E-state index is 12.1. The van der Waals surface area contributed by atoms with E-state index in [-0.39, 0.29) is 59.3 Å². The Labute approximate surface area is 546 Å². The molecule has 0 aromatic heterocycles. The van der Waals surface area contributed by atoms with E-state index >= 15 is 0 Å². The maximum Gasteiger partial charge on any atom is 0.344 e. The standard InChI is InChI=1S/C17H26O2.C15H22O3.C15H22O2.C14H20O3.C13H16O7S/c1-10(2)16(18)19-17(11(3)4)14-6-12-5-13(8-14)9-15(17)7-12;1-9(2)15(16)18-8-17-14-12-4-10-3-11(6-12)7-13(14)5-10;1-9(2)14(16)17-15(3)12-5-10-4-11(7-12)8-13(15)6-10;1-9(2)12(15)17-14-6-10-3-11(7-14)5-13(16,4-10)8-14;1-6(2)13(15)18-5-10(14)19-11-7-3-8-9(4-7)21(16,17)20-12(8)11/h11-15H,1,5-9H2,2-4H3;10-14H,1,3-8H2,2H3;10-13H,1,4-8H2,2-3H3;10-11,16H,1,3-8H2,2H3;7-9,11-12H,1,3-5H2,2H3. The summed E-state index contributed by atoms with van der Waals surface area (Å²) in [6.07, 6.45) is 25.6. The van der Waals surface area contributed by atoms with Crippen molar-refractivity contribution in [1.29, 1.82) is 0 Å². The molecular weight excluding hydrogens is 1190 g/mol. The van der Waals surface area contributed by atoms with Gasteiger partial charge in [0, 0.05) is 46.1 Å². The van der Waals surface area contributed by atoms with Crippen molar-refractivity contribution in [1.82, 2.24) is 0 Å². The van der Waals surface area contributed by atoms with Crippen molar-refractivity contribution in [2.45, 2.75) is 249 Å². The Bertz CT molecular complexity index is 2960. The topological polar surface area (TPSA) is 231 Å². The van der Waals surface area contributed by atoms with Gasteiger partial charge in [-0.2, -0.15) is 8.42 Å². The van der Waals surface area contributed by atoms with Crippen LogP contribution in [-0.4, -0.2) is 109 Å². The van der Waals surface area contributed by atoms with Crippen LogP contribution in [0.25, 0.3) is 0 Å². The molecule has 19 fully saturated rings. The number of carbonyl (C=O) groups excluding carboxylic acids is 6. The molecule has 18 heteroatoms. The van der Waals surface area contributed by atoms with Gasteiger partial charge in [-0.3, -0.25) is 4.18 Å². The molecule has 1 N–H and O–H groups in total. The lowest BCUT2D eigenvalue weighted by Gasteiger charge is -2.61. The summed E-state index contributed by atoms with van der Waals surface area (Å²) in [5.41, 5.74) is 0.766. The van der Waals surface area contributed by atoms with E-state index in [0.717, 1.165) is 61.2 Å². The number of carbonyl (C=O) groups is 6. The molecule has 17 nitrogen and oxygen atoms in total. The number of aliphatic hydroxyl groups is 1. The monoisotopic (exact) mass is 1300 g/mol. The first-order chi connectivity index (χ1) is 43.2. The van der Waals surface area contributed by atoms with Gasteiger partial charge in [0.2, 0.25) is 0 Å². The number of rotatable bonds is 15. The predicted molar refractivity (Wildman–Crippen MR) is 342 cm³/mol. The Morgan fingerprint density at radius 2 is 0.913 bits per heavy atom. The zero-order valence-corrected chi connectivity index (χ0v) is 57.0. The zero-order valence-electron chi connectivity index (χ0n) is 56.2. The van der Waals surface area contributed by atoms with Crippen molar-refractivity contribution in [2.75, 3.05) is 13.4 Å². The van der Waals surface area contributed by atoms with Crippen LogP contribution >= 0.6 is 0 Å². The highest BCUT2D eigenvalue weighted by atomic mass is 32.2. The molecular formula is C74H106O17S. The van der Waals surface area contributed by atoms with E-state index in [1.54, 1.807) is 27.7 Å². The molecule has 92 heavy (non-hydrogen) atoms. The molecule has 18 bridgehead atoms. The summed E-state index contributed by atoms with van der Waals surface area (Å²) < 4.78 is 67.1. The van der Waals surface area contributed by atoms with Crippen LogP contribution in [0.4, 0.5) is 0 Å². The van der Waals surface area contributed by atoms with Crippen molar-refractivity contribution < 1.29 is 79.6 Å². The molecule has 0 amide bonds. The van der Waals surface area contributed by atoms with Gasteiger partial charge >= 0.3 is 35.8 Å². The predicted octanol–water partition coefficient (Wildman–Crippen LogP) is 12.5. The maximum atomic E-state index is 12.1. The Hall–Kier alpha value is -4.65. The quantitative estimate of drug-likeness (QED) is 0.0528. The van der Waals surface area contributed by atoms with Crippen molar-refractivity contribution in [3.8, 4) is 0 Å². The molecule has 0 aromatic carbocycles. The van der Waals surface area contributed by atoms with Gasteiger partial charge in [-0.1, -0.05) is 46.7 Å². The molecule has 18 saturated carbocycles. The van der Waals surface area contributed by atoms with Gasteiger partial charge in [0.25, 0.3) is 10.1 Å². The molecule has 0 radical (unpaired) electrons. The van der Waals surface area contributed by atoms with Gasteiger partial charge in [0.15, 0.2) is 13.4 Å². The van der Waals surface area contributed by atoms with Crippen LogP contribution in [0.1, 0.15) is 203 Å². The molecule has 7 atom stereocenters. The van der Waals surface area contributed by atoms with Crippen LogP contribution in [0.5, 0.6) is 0 Å². The van der Waals surface area contributed by atoms with E-state index in [0.29, 0.717) is 101 Å². The number of hydrogen-bond donors (Lipinski definition) is 1. The van der Waals surface area contributed by atoms with E-state index < -0.39 is 57.3 Å². The first kappa shape index (κ1) is 68.7. The number of fused-ring (bicyclic) bond motifs is 1. The third-order valence-corrected chi connectivity index (χ3v) is 27.1. The van der Waals surface area contributed by atoms with E-state index in [9.17, 15) is 42.3 Å². The fourth-order valence-electron chi connectivity index (χ4n) is 22.4. The summed E-state index contributed by atoms with van der Waals surface area (Å²) in [6, 6.07) is 0. The van der Waals surface area contributed by atoms with Gasteiger partial charge in [-0.25, -0.2) is 28.8 Å². The molecule has 1 heterocycles. The summed E-state index contributed by atoms with van der Waals surface area (Å²) in [6.45, 7) is 32.6. The second kappa shape index (κ2) is 26.4. The number of ether oxygens (including phenoxy) is 7. The largest absolute Gasteiger partial charge is 0.457 e. The minimum atomic E-state index is -3.53. The van der Waals surface area contributed by atoms with Crippen LogP contribution < -0.4 is 0 Å². The van der Waals surface area contributed by atoms with E-state index in [1.165, 1.54) is 110 Å². The lowest BCUT2D eigenvalue weighted by molar-refractivity contribution is -0.221. The molecule has 18 aliphatic carbocycles. The van der Waals surface area contributed by atoms with Gasteiger partial charge in [-0.15, -0.1) is 0 Å². The third kappa shape index (κ3) is 14.0. The normalized spacial score (nSPS) is 43.1. The summed E-state index contributed by atoms with van der Waals surface area (Å²) in [5.74, 6) is 8.34. The van der Waals surface area contributed by atoms with Crippen LogP contribution in [0.15, 0.2) is 60.8 Å². The van der Waals surface area contributed by atoms with Crippen molar-refractivity contribution in [3.63, 3.8) is 0 Å². The van der Waals surface area contributed by atoms with Crippen LogP contribution in [0.2, 0.25) is 0 Å². The molecule has 0 spiro atoms. The molecule has 1 saturated heterocycles. The molecule has 510 valence electrons. The van der Waals surface area contributed by atoms with Crippen LogP contribution in [0.3, 0.4) is 0 Å². The van der Waals surface area contributed by atoms with E-state index in [2.05, 4.69) is 53.7 Å². The van der Waals surface area contributed by atoms with Crippen LogP contribution in [0, 0.1) is 101 Å². The van der Waals surface area contributed by atoms with E-state index in [1.807, 2.05) is 0 Å². The van der Waals surface area contributed by atoms with E-state index in [4.69, 9.17) is 37.3 Å². The first-order valence-corrected chi connectivity index (χ1v) is 36.5. The van der Waals surface area contributed by atoms with Gasteiger partial charge < -0.3 is 38.3 Å². The third-order valence-electron chi connectivity index (χ3n) is 25.3. The Morgan fingerprint density at radius 3 is 1.37 bits per heavy atom. The minimum absolute atomic E-state index is 0.00284. The fraction of sp³-hybridized carbons (Fsp3) is 0.784. The zero-order chi connectivity index (χ0) is 66.3. The second-order valence-electron chi connectivity index (χ2n) is 32.9. The van der Waals surface area contributed by atoms with Crippen molar-refractivity contribution in [2.24, 2.45) is 101 Å². The highest BCUT2D eigenvalue weighted by molar-refractivity contribution is 7.87. The fourth-order valence-corrected chi connectivity index (χ4v) is 24.3. The number of esters is 6. The number of hydrogen-bond acceptors (Lipinski definition) is 17. The van der Waals surface area contributed by atoms with Crippen LogP contribution in [-0.2, 0) is 76.2 Å². The highest BCUT2D eigenvalue weighted by Gasteiger charge is 2.66. The summed E-state index contributed by atoms with van der Waals surface area (Å²) >= 11 is 0. The summed E-state index contributed by atoms with van der Waals surface area (Å²) in [7, 11) is -3.53. The average Bonchev–Trinajstić information content (AvgIpc) is 1.13. The first-order valence-electron chi connectivity index (χ1n) is 35.0. The Balaban J connectivity index is 0.000000118.